The lowest BCUT2D eigenvalue weighted by Gasteiger charge is -2.26. The normalized spacial score (nSPS) is 18.6. The van der Waals surface area contributed by atoms with E-state index in [4.69, 9.17) is 16.3 Å². The molecule has 1 N–H and O–H groups in total. The monoisotopic (exact) mass is 491 g/mol. The van der Waals surface area contributed by atoms with E-state index in [9.17, 15) is 18.0 Å². The van der Waals surface area contributed by atoms with Crippen LogP contribution in [0.5, 0.6) is 5.75 Å². The second-order valence-corrected chi connectivity index (χ2v) is 10.5. The highest BCUT2D eigenvalue weighted by atomic mass is 35.5. The topological polar surface area (TPSA) is 96.0 Å². The number of sulfonamides is 1. The van der Waals surface area contributed by atoms with Crippen molar-refractivity contribution in [2.45, 2.75) is 43.5 Å². The van der Waals surface area contributed by atoms with Gasteiger partial charge in [-0.3, -0.25) is 14.5 Å². The minimum absolute atomic E-state index is 0.189. The lowest BCUT2D eigenvalue weighted by Crippen LogP contribution is -2.44. The van der Waals surface area contributed by atoms with E-state index in [1.54, 1.807) is 30.3 Å². The van der Waals surface area contributed by atoms with Gasteiger partial charge in [-0.1, -0.05) is 18.0 Å². The highest BCUT2D eigenvalue weighted by Crippen LogP contribution is 2.36. The minimum Gasteiger partial charge on any atom is -0.495 e. The molecule has 10 heteroatoms. The number of methoxy groups -OCH3 is 1. The van der Waals surface area contributed by atoms with Crippen molar-refractivity contribution in [3.05, 3.63) is 47.0 Å². The van der Waals surface area contributed by atoms with Crippen molar-refractivity contribution in [1.82, 2.24) is 4.31 Å². The van der Waals surface area contributed by atoms with Crippen molar-refractivity contribution >= 4 is 44.8 Å². The number of fused-ring (bicyclic) bond motifs is 1. The Morgan fingerprint density at radius 2 is 1.82 bits per heavy atom. The molecule has 2 aromatic carbocycles. The number of anilines is 2. The largest absolute Gasteiger partial charge is 0.495 e. The number of hydrogen-bond acceptors (Lipinski definition) is 5. The van der Waals surface area contributed by atoms with Crippen LogP contribution in [0.3, 0.4) is 0 Å². The van der Waals surface area contributed by atoms with Crippen molar-refractivity contribution in [2.24, 2.45) is 0 Å². The number of nitrogens with zero attached hydrogens (tertiary/aromatic N) is 2. The first kappa shape index (κ1) is 23.5. The van der Waals surface area contributed by atoms with Crippen LogP contribution < -0.4 is 15.0 Å². The fourth-order valence-corrected chi connectivity index (χ4v) is 6.24. The molecule has 33 heavy (non-hydrogen) atoms. The fraction of sp³-hybridized carbons (Fsp3) is 0.391. The first-order chi connectivity index (χ1) is 15.7. The van der Waals surface area contributed by atoms with Crippen LogP contribution in [0.15, 0.2) is 41.3 Å². The van der Waals surface area contributed by atoms with Crippen LogP contribution in [0.2, 0.25) is 5.02 Å². The third kappa shape index (κ3) is 4.58. The first-order valence-corrected chi connectivity index (χ1v) is 12.6. The van der Waals surface area contributed by atoms with Gasteiger partial charge in [-0.2, -0.15) is 4.31 Å². The molecule has 4 rings (SSSR count). The van der Waals surface area contributed by atoms with Gasteiger partial charge in [0.2, 0.25) is 21.8 Å². The van der Waals surface area contributed by atoms with E-state index in [2.05, 4.69) is 5.32 Å². The molecule has 2 amide bonds. The van der Waals surface area contributed by atoms with Gasteiger partial charge in [-0.05, 0) is 54.8 Å². The van der Waals surface area contributed by atoms with Crippen LogP contribution in [0.25, 0.3) is 0 Å². The zero-order chi connectivity index (χ0) is 23.8. The first-order valence-electron chi connectivity index (χ1n) is 10.8. The molecule has 2 heterocycles. The molecule has 0 bridgehead atoms. The van der Waals surface area contributed by atoms with Crippen molar-refractivity contribution in [1.29, 1.82) is 0 Å². The summed E-state index contributed by atoms with van der Waals surface area (Å²) in [5, 5.41) is 3.14. The van der Waals surface area contributed by atoms with Gasteiger partial charge >= 0.3 is 0 Å². The highest BCUT2D eigenvalue weighted by Gasteiger charge is 2.38. The molecule has 1 fully saturated rings. The van der Waals surface area contributed by atoms with Gasteiger partial charge < -0.3 is 10.1 Å². The summed E-state index contributed by atoms with van der Waals surface area (Å²) in [5.74, 6) is -0.202. The maximum Gasteiger partial charge on any atom is 0.247 e. The summed E-state index contributed by atoms with van der Waals surface area (Å²) in [7, 11) is -2.12. The Labute approximate surface area is 198 Å². The summed E-state index contributed by atoms with van der Waals surface area (Å²) in [4.78, 5) is 27.1. The fourth-order valence-electron chi connectivity index (χ4n) is 4.41. The lowest BCUT2D eigenvalue weighted by molar-refractivity contribution is -0.122. The van der Waals surface area contributed by atoms with Gasteiger partial charge in [0.25, 0.3) is 0 Å². The van der Waals surface area contributed by atoms with Gasteiger partial charge in [-0.25, -0.2) is 8.42 Å². The number of amides is 2. The summed E-state index contributed by atoms with van der Waals surface area (Å²) in [6.45, 7) is 2.40. The molecule has 2 aliphatic rings. The maximum atomic E-state index is 13.1. The Morgan fingerprint density at radius 1 is 1.09 bits per heavy atom. The van der Waals surface area contributed by atoms with E-state index < -0.39 is 16.1 Å². The second kappa shape index (κ2) is 9.32. The van der Waals surface area contributed by atoms with Gasteiger partial charge in [0.15, 0.2) is 0 Å². The number of ether oxygens (including phenoxy) is 1. The molecule has 0 unspecified atom stereocenters. The van der Waals surface area contributed by atoms with Gasteiger partial charge in [0.05, 0.1) is 17.0 Å². The SMILES string of the molecule is COc1ccc(NC(=O)[C@@H]2Cc3cc(S(=O)(=O)N4CCCCC4)ccc3N2C(C)=O)cc1Cl. The number of carbonyl (C=O) groups is 2. The lowest BCUT2D eigenvalue weighted by atomic mass is 10.1. The summed E-state index contributed by atoms with van der Waals surface area (Å²) < 4.78 is 32.8. The second-order valence-electron chi connectivity index (χ2n) is 8.20. The number of hydrogen-bond donors (Lipinski definition) is 1. The average molecular weight is 492 g/mol. The molecular formula is C23H26ClN3O5S. The Kier molecular flexibility index (Phi) is 6.65. The molecule has 2 aromatic rings. The zero-order valence-corrected chi connectivity index (χ0v) is 20.1. The zero-order valence-electron chi connectivity index (χ0n) is 18.5. The summed E-state index contributed by atoms with van der Waals surface area (Å²) in [5.41, 5.74) is 1.67. The van der Waals surface area contributed by atoms with Crippen LogP contribution in [0, 0.1) is 0 Å². The number of halogens is 1. The summed E-state index contributed by atoms with van der Waals surface area (Å²) in [6, 6.07) is 8.79. The van der Waals surface area contributed by atoms with Crippen LogP contribution >= 0.6 is 11.6 Å². The van der Waals surface area contributed by atoms with Crippen LogP contribution in [-0.4, -0.2) is 50.8 Å². The summed E-state index contributed by atoms with van der Waals surface area (Å²) >= 11 is 6.15. The molecule has 0 radical (unpaired) electrons. The standard InChI is InChI=1S/C23H26ClN3O5S/c1-15(28)27-20-8-7-18(33(30,31)26-10-4-3-5-11-26)12-16(20)13-21(27)23(29)25-17-6-9-22(32-2)19(24)14-17/h6-9,12,14,21H,3-5,10-11,13H2,1-2H3,(H,25,29)/t21-/m0/s1. The number of nitrogens with one attached hydrogen (secondary N) is 1. The third-order valence-electron chi connectivity index (χ3n) is 6.05. The molecule has 1 saturated heterocycles. The van der Waals surface area contributed by atoms with E-state index in [0.29, 0.717) is 40.8 Å². The Balaban J connectivity index is 1.59. The average Bonchev–Trinajstić information content (AvgIpc) is 3.19. The molecular weight excluding hydrogens is 466 g/mol. The van der Waals surface area contributed by atoms with E-state index in [1.165, 1.54) is 29.3 Å². The minimum atomic E-state index is -3.62. The molecule has 2 aliphatic heterocycles. The van der Waals surface area contributed by atoms with Crippen LogP contribution in [0.1, 0.15) is 31.7 Å². The van der Waals surface area contributed by atoms with Crippen molar-refractivity contribution in [3.8, 4) is 5.75 Å². The van der Waals surface area contributed by atoms with Gasteiger partial charge in [-0.15, -0.1) is 0 Å². The highest BCUT2D eigenvalue weighted by molar-refractivity contribution is 7.89. The molecule has 8 nitrogen and oxygen atoms in total. The molecule has 1 atom stereocenters. The molecule has 0 spiro atoms. The number of carbonyl (C=O) groups excluding carboxylic acids is 2. The number of piperidine rings is 1. The molecule has 0 aromatic heterocycles. The van der Waals surface area contributed by atoms with E-state index >= 15 is 0 Å². The molecule has 0 saturated carbocycles. The van der Waals surface area contributed by atoms with Crippen LogP contribution in [0.4, 0.5) is 11.4 Å². The maximum absolute atomic E-state index is 13.1. The predicted octanol–water partition coefficient (Wildman–Crippen LogP) is 3.44. The van der Waals surface area contributed by atoms with E-state index in [-0.39, 0.29) is 23.1 Å². The van der Waals surface area contributed by atoms with E-state index in [1.807, 2.05) is 0 Å². The third-order valence-corrected chi connectivity index (χ3v) is 8.24. The number of benzene rings is 2. The smallest absolute Gasteiger partial charge is 0.247 e. The Bertz CT molecular complexity index is 1190. The Morgan fingerprint density at radius 3 is 2.45 bits per heavy atom. The van der Waals surface area contributed by atoms with Crippen molar-refractivity contribution in [3.63, 3.8) is 0 Å². The van der Waals surface area contributed by atoms with Crippen molar-refractivity contribution in [2.75, 3.05) is 30.4 Å². The molecule has 176 valence electrons. The van der Waals surface area contributed by atoms with Gasteiger partial charge in [0.1, 0.15) is 11.8 Å². The quantitative estimate of drug-likeness (QED) is 0.691. The predicted molar refractivity (Wildman–Crippen MR) is 126 cm³/mol. The van der Waals surface area contributed by atoms with Crippen LogP contribution in [-0.2, 0) is 26.0 Å². The molecule has 0 aliphatic carbocycles. The van der Waals surface area contributed by atoms with Gasteiger partial charge in [0, 0.05) is 37.8 Å². The Hall–Kier alpha value is -2.62. The summed E-state index contributed by atoms with van der Waals surface area (Å²) in [6.07, 6.45) is 2.94. The van der Waals surface area contributed by atoms with E-state index in [0.717, 1.165) is 19.3 Å². The van der Waals surface area contributed by atoms with Crippen molar-refractivity contribution < 1.29 is 22.7 Å². The number of rotatable bonds is 5.